The molecular weight excluding hydrogens is 262 g/mol. The largest absolute Gasteiger partial charge is 0.397 e. The van der Waals surface area contributed by atoms with Crippen molar-refractivity contribution in [3.8, 4) is 0 Å². The molecule has 0 radical (unpaired) electrons. The Balaban J connectivity index is 1.39. The molecule has 1 amide bonds. The number of nitrogens with zero attached hydrogens (tertiary/aromatic N) is 1. The molecule has 1 aromatic carbocycles. The third kappa shape index (κ3) is 4.46. The molecule has 0 aromatic heterocycles. The lowest BCUT2D eigenvalue weighted by Crippen LogP contribution is -2.30. The average molecular weight is 287 g/mol. The normalized spacial score (nSPS) is 18.0. The Labute approximate surface area is 126 Å². The van der Waals surface area contributed by atoms with Gasteiger partial charge in [0, 0.05) is 19.0 Å². The van der Waals surface area contributed by atoms with Crippen LogP contribution in [0.2, 0.25) is 0 Å². The van der Waals surface area contributed by atoms with E-state index in [0.717, 1.165) is 30.6 Å². The summed E-state index contributed by atoms with van der Waals surface area (Å²) in [6.07, 6.45) is 7.00. The smallest absolute Gasteiger partial charge is 0.224 e. The average Bonchev–Trinajstić information content (AvgIpc) is 3.34. The van der Waals surface area contributed by atoms with Gasteiger partial charge in [-0.2, -0.15) is 0 Å². The summed E-state index contributed by atoms with van der Waals surface area (Å²) in [4.78, 5) is 14.6. The molecule has 3 rings (SSSR count). The molecule has 3 N–H and O–H groups in total. The van der Waals surface area contributed by atoms with Crippen molar-refractivity contribution in [1.29, 1.82) is 0 Å². The molecule has 2 fully saturated rings. The number of carbonyl (C=O) groups is 1. The van der Waals surface area contributed by atoms with Gasteiger partial charge in [-0.3, -0.25) is 4.79 Å². The van der Waals surface area contributed by atoms with E-state index in [1.54, 1.807) is 6.07 Å². The number of rotatable bonds is 8. The van der Waals surface area contributed by atoms with Gasteiger partial charge in [0.1, 0.15) is 0 Å². The fourth-order valence-electron chi connectivity index (χ4n) is 2.76. The Bertz CT molecular complexity index is 495. The first-order valence-electron chi connectivity index (χ1n) is 8.11. The van der Waals surface area contributed by atoms with Gasteiger partial charge < -0.3 is 16.0 Å². The van der Waals surface area contributed by atoms with Gasteiger partial charge in [0.25, 0.3) is 0 Å². The SMILES string of the molecule is Nc1ccccc1NC(=O)CCCN(CC1CC1)C1CC1. The molecule has 0 aliphatic heterocycles. The van der Waals surface area contributed by atoms with Gasteiger partial charge in [-0.05, 0) is 56.7 Å². The summed E-state index contributed by atoms with van der Waals surface area (Å²) in [5.41, 5.74) is 7.18. The molecule has 21 heavy (non-hydrogen) atoms. The maximum absolute atomic E-state index is 12.0. The van der Waals surface area contributed by atoms with Gasteiger partial charge in [-0.1, -0.05) is 12.1 Å². The predicted octanol–water partition coefficient (Wildman–Crippen LogP) is 2.86. The number of carbonyl (C=O) groups excluding carboxylic acids is 1. The zero-order valence-corrected chi connectivity index (χ0v) is 12.6. The summed E-state index contributed by atoms with van der Waals surface area (Å²) >= 11 is 0. The van der Waals surface area contributed by atoms with Gasteiger partial charge in [0.05, 0.1) is 11.4 Å². The van der Waals surface area contributed by atoms with Gasteiger partial charge in [-0.25, -0.2) is 0 Å². The van der Waals surface area contributed by atoms with E-state index in [2.05, 4.69) is 10.2 Å². The molecule has 2 saturated carbocycles. The van der Waals surface area contributed by atoms with Crippen LogP contribution in [0.4, 0.5) is 11.4 Å². The van der Waals surface area contributed by atoms with Crippen LogP contribution in [-0.4, -0.2) is 29.9 Å². The van der Waals surface area contributed by atoms with Crippen LogP contribution in [0.25, 0.3) is 0 Å². The minimum absolute atomic E-state index is 0.0649. The van der Waals surface area contributed by atoms with Crippen LogP contribution < -0.4 is 11.1 Å². The van der Waals surface area contributed by atoms with E-state index in [9.17, 15) is 4.79 Å². The lowest BCUT2D eigenvalue weighted by Gasteiger charge is -2.21. The summed E-state index contributed by atoms with van der Waals surface area (Å²) in [7, 11) is 0. The van der Waals surface area contributed by atoms with Crippen LogP contribution >= 0.6 is 0 Å². The summed E-state index contributed by atoms with van der Waals surface area (Å²) in [6.45, 7) is 2.30. The minimum Gasteiger partial charge on any atom is -0.397 e. The van der Waals surface area contributed by atoms with E-state index in [0.29, 0.717) is 12.1 Å². The number of nitrogens with one attached hydrogen (secondary N) is 1. The van der Waals surface area contributed by atoms with E-state index < -0.39 is 0 Å². The number of anilines is 2. The second kappa shape index (κ2) is 6.48. The van der Waals surface area contributed by atoms with Gasteiger partial charge in [-0.15, -0.1) is 0 Å². The molecule has 114 valence electrons. The highest BCUT2D eigenvalue weighted by atomic mass is 16.1. The van der Waals surface area contributed by atoms with Crippen molar-refractivity contribution in [2.75, 3.05) is 24.1 Å². The summed E-state index contributed by atoms with van der Waals surface area (Å²) < 4.78 is 0. The standard InChI is InChI=1S/C17H25N3O/c18-15-4-1-2-5-16(15)19-17(21)6-3-11-20(14-9-10-14)12-13-7-8-13/h1-2,4-5,13-14H,3,6-12,18H2,(H,19,21). The van der Waals surface area contributed by atoms with Crippen LogP contribution in [0.1, 0.15) is 38.5 Å². The molecule has 0 unspecified atom stereocenters. The summed E-state index contributed by atoms with van der Waals surface area (Å²) in [5, 5.41) is 2.90. The van der Waals surface area contributed by atoms with Gasteiger partial charge >= 0.3 is 0 Å². The molecule has 0 atom stereocenters. The molecule has 4 nitrogen and oxygen atoms in total. The van der Waals surface area contributed by atoms with E-state index in [4.69, 9.17) is 5.73 Å². The van der Waals surface area contributed by atoms with Crippen molar-refractivity contribution in [3.05, 3.63) is 24.3 Å². The number of nitrogens with two attached hydrogens (primary N) is 1. The molecule has 1 aromatic rings. The predicted molar refractivity (Wildman–Crippen MR) is 86.0 cm³/mol. The van der Waals surface area contributed by atoms with Crippen LogP contribution in [-0.2, 0) is 4.79 Å². The van der Waals surface area contributed by atoms with Crippen LogP contribution in [0.3, 0.4) is 0 Å². The third-order valence-electron chi connectivity index (χ3n) is 4.34. The van der Waals surface area contributed by atoms with E-state index in [1.165, 1.54) is 32.2 Å². The fraction of sp³-hybridized carbons (Fsp3) is 0.588. The third-order valence-corrected chi connectivity index (χ3v) is 4.34. The number of benzene rings is 1. The first kappa shape index (κ1) is 14.4. The zero-order valence-electron chi connectivity index (χ0n) is 12.6. The van der Waals surface area contributed by atoms with Crippen LogP contribution in [0.5, 0.6) is 0 Å². The second-order valence-corrected chi connectivity index (χ2v) is 6.41. The first-order valence-corrected chi connectivity index (χ1v) is 8.11. The molecule has 0 heterocycles. The highest BCUT2D eigenvalue weighted by Crippen LogP contribution is 2.34. The highest BCUT2D eigenvalue weighted by molar-refractivity contribution is 5.93. The number of hydrogen-bond donors (Lipinski definition) is 2. The molecular formula is C17H25N3O. The van der Waals surface area contributed by atoms with Crippen molar-refractivity contribution < 1.29 is 4.79 Å². The Kier molecular flexibility index (Phi) is 4.44. The maximum Gasteiger partial charge on any atom is 0.224 e. The topological polar surface area (TPSA) is 58.4 Å². The van der Waals surface area contributed by atoms with Gasteiger partial charge in [0.15, 0.2) is 0 Å². The number of hydrogen-bond acceptors (Lipinski definition) is 3. The minimum atomic E-state index is 0.0649. The molecule has 0 saturated heterocycles. The lowest BCUT2D eigenvalue weighted by molar-refractivity contribution is -0.116. The van der Waals surface area contributed by atoms with Crippen LogP contribution in [0.15, 0.2) is 24.3 Å². The van der Waals surface area contributed by atoms with E-state index in [-0.39, 0.29) is 5.91 Å². The summed E-state index contributed by atoms with van der Waals surface area (Å²) in [5.74, 6) is 0.999. The fourth-order valence-corrected chi connectivity index (χ4v) is 2.76. The van der Waals surface area contributed by atoms with Crippen LogP contribution in [0, 0.1) is 5.92 Å². The first-order chi connectivity index (χ1) is 10.2. The number of amides is 1. The molecule has 0 bridgehead atoms. The number of para-hydroxylation sites is 2. The quantitative estimate of drug-likeness (QED) is 0.723. The Morgan fingerprint density at radius 1 is 1.24 bits per heavy atom. The Morgan fingerprint density at radius 2 is 2.00 bits per heavy atom. The van der Waals surface area contributed by atoms with E-state index >= 15 is 0 Å². The molecule has 4 heteroatoms. The van der Waals surface area contributed by atoms with Crippen molar-refractivity contribution in [3.63, 3.8) is 0 Å². The zero-order chi connectivity index (χ0) is 14.7. The summed E-state index contributed by atoms with van der Waals surface area (Å²) in [6, 6.07) is 8.21. The van der Waals surface area contributed by atoms with Gasteiger partial charge in [0.2, 0.25) is 5.91 Å². The van der Waals surface area contributed by atoms with Crippen molar-refractivity contribution >= 4 is 17.3 Å². The maximum atomic E-state index is 12.0. The monoisotopic (exact) mass is 287 g/mol. The lowest BCUT2D eigenvalue weighted by atomic mass is 10.2. The van der Waals surface area contributed by atoms with Crippen molar-refractivity contribution in [2.24, 2.45) is 5.92 Å². The van der Waals surface area contributed by atoms with Crippen molar-refractivity contribution in [2.45, 2.75) is 44.6 Å². The molecule has 2 aliphatic carbocycles. The second-order valence-electron chi connectivity index (χ2n) is 6.41. The Hall–Kier alpha value is -1.55. The van der Waals surface area contributed by atoms with E-state index in [1.807, 2.05) is 18.2 Å². The molecule has 0 spiro atoms. The molecule has 2 aliphatic rings. The highest BCUT2D eigenvalue weighted by Gasteiger charge is 2.33. The van der Waals surface area contributed by atoms with Crippen molar-refractivity contribution in [1.82, 2.24) is 4.90 Å². The number of nitrogen functional groups attached to an aromatic ring is 1. The Morgan fingerprint density at radius 3 is 2.67 bits per heavy atom.